The molecule has 26 heavy (non-hydrogen) atoms. The molecule has 0 aliphatic carbocycles. The van der Waals surface area contributed by atoms with E-state index in [0.717, 1.165) is 23.5 Å². The fraction of sp³-hybridized carbons (Fsp3) is 0.421. The number of hydrogen-bond donors (Lipinski definition) is 0. The highest BCUT2D eigenvalue weighted by molar-refractivity contribution is 7.54. The largest absolute Gasteiger partial charge is 0.497 e. The van der Waals surface area contributed by atoms with Gasteiger partial charge in [0.15, 0.2) is 0 Å². The molecule has 1 rings (SSSR count). The van der Waals surface area contributed by atoms with Gasteiger partial charge in [0.25, 0.3) is 0 Å². The lowest BCUT2D eigenvalue weighted by Gasteiger charge is -2.11. The second-order valence-corrected chi connectivity index (χ2v) is 7.77. The maximum absolute atomic E-state index is 11.9. The van der Waals surface area contributed by atoms with E-state index in [1.54, 1.807) is 14.2 Å². The molecule has 0 spiro atoms. The number of methoxy groups -OCH3 is 2. The smallest absolute Gasteiger partial charge is 0.337 e. The maximum atomic E-state index is 11.9. The Labute approximate surface area is 155 Å². The van der Waals surface area contributed by atoms with Crippen LogP contribution in [-0.4, -0.2) is 40.4 Å². The van der Waals surface area contributed by atoms with Gasteiger partial charge in [-0.2, -0.15) is 0 Å². The lowest BCUT2D eigenvalue weighted by atomic mass is 10.1. The summed E-state index contributed by atoms with van der Waals surface area (Å²) in [7, 11) is 2.54. The van der Waals surface area contributed by atoms with Crippen LogP contribution in [0.4, 0.5) is 0 Å². The molecule has 6 nitrogen and oxygen atoms in total. The molecule has 144 valence electrons. The van der Waals surface area contributed by atoms with Gasteiger partial charge in [-0.3, -0.25) is 9.36 Å². The van der Waals surface area contributed by atoms with Crippen LogP contribution in [0.15, 0.2) is 36.4 Å². The Bertz CT molecular complexity index is 650. The molecule has 1 aromatic carbocycles. The van der Waals surface area contributed by atoms with Crippen LogP contribution in [0.1, 0.15) is 24.8 Å². The molecule has 0 radical (unpaired) electrons. The van der Waals surface area contributed by atoms with E-state index in [0.29, 0.717) is 12.8 Å². The summed E-state index contributed by atoms with van der Waals surface area (Å²) < 4.78 is 31.8. The second kappa shape index (κ2) is 11.7. The van der Waals surface area contributed by atoms with Crippen molar-refractivity contribution in [1.82, 2.24) is 0 Å². The molecule has 0 unspecified atom stereocenters. The number of Topliss-reactive ketones (excluding diaryl/α,β-unsaturated/α-hetero) is 1. The number of carbonyl (C=O) groups is 1. The van der Waals surface area contributed by atoms with E-state index < -0.39 is 7.60 Å². The van der Waals surface area contributed by atoms with Crippen molar-refractivity contribution in [1.29, 1.82) is 0 Å². The zero-order valence-electron chi connectivity index (χ0n) is 15.8. The number of benzene rings is 1. The molecule has 0 N–H and O–H groups in total. The van der Waals surface area contributed by atoms with Crippen LogP contribution in [0.5, 0.6) is 11.5 Å². The van der Waals surface area contributed by atoms with E-state index in [9.17, 15) is 9.36 Å². The average Bonchev–Trinajstić information content (AvgIpc) is 2.66. The molecule has 0 saturated heterocycles. The number of ketones is 1. The van der Waals surface area contributed by atoms with Crippen LogP contribution < -0.4 is 9.47 Å². The summed E-state index contributed by atoms with van der Waals surface area (Å²) in [6.45, 7) is 0. The molecule has 7 heteroatoms. The van der Waals surface area contributed by atoms with Crippen molar-refractivity contribution in [3.05, 3.63) is 42.0 Å². The van der Waals surface area contributed by atoms with Gasteiger partial charge in [0.1, 0.15) is 23.4 Å². The molecule has 0 bridgehead atoms. The number of carbonyl (C=O) groups excluding carboxylic acids is 1. The first-order valence-corrected chi connectivity index (χ1v) is 9.97. The van der Waals surface area contributed by atoms with Crippen LogP contribution in [0.2, 0.25) is 0 Å². The van der Waals surface area contributed by atoms with Gasteiger partial charge in [-0.25, -0.2) is 0 Å². The molecule has 0 saturated carbocycles. The van der Waals surface area contributed by atoms with E-state index in [1.165, 1.54) is 14.2 Å². The van der Waals surface area contributed by atoms with Crippen LogP contribution in [-0.2, 0) is 18.4 Å². The third kappa shape index (κ3) is 8.00. The monoisotopic (exact) mass is 382 g/mol. The number of ether oxygens (including phenoxy) is 2. The van der Waals surface area contributed by atoms with Crippen LogP contribution in [0, 0.1) is 0 Å². The highest BCUT2D eigenvalue weighted by atomic mass is 31.2. The predicted molar refractivity (Wildman–Crippen MR) is 103 cm³/mol. The minimum Gasteiger partial charge on any atom is -0.497 e. The number of allylic oxidation sites excluding steroid dienone is 3. The lowest BCUT2D eigenvalue weighted by Crippen LogP contribution is -2.07. The highest BCUT2D eigenvalue weighted by Crippen LogP contribution is 2.46. The second-order valence-electron chi connectivity index (χ2n) is 5.50. The van der Waals surface area contributed by atoms with Gasteiger partial charge in [-0.05, 0) is 30.5 Å². The van der Waals surface area contributed by atoms with E-state index in [2.05, 4.69) is 0 Å². The van der Waals surface area contributed by atoms with Crippen molar-refractivity contribution in [3.8, 4) is 11.5 Å². The standard InChI is InChI=1S/C19H27O6P/c1-22-18-12-16(13-19(14-18)23-2)10-8-6-5-7-9-11-17(20)15-26(21,24-3)25-4/h5-6,8,10,12-14H,7,9,11,15H2,1-4H3/b6-5+,10-8+. The quantitative estimate of drug-likeness (QED) is 0.301. The van der Waals surface area contributed by atoms with Crippen molar-refractivity contribution < 1.29 is 27.9 Å². The Hall–Kier alpha value is -1.88. The lowest BCUT2D eigenvalue weighted by molar-refractivity contribution is -0.117. The first-order chi connectivity index (χ1) is 12.5. The van der Waals surface area contributed by atoms with Crippen LogP contribution in [0.3, 0.4) is 0 Å². The molecular weight excluding hydrogens is 355 g/mol. The summed E-state index contributed by atoms with van der Waals surface area (Å²) in [5.74, 6) is 1.34. The molecule has 0 aliphatic rings. The number of rotatable bonds is 12. The normalized spacial score (nSPS) is 12.0. The van der Waals surface area contributed by atoms with E-state index >= 15 is 0 Å². The van der Waals surface area contributed by atoms with Crippen molar-refractivity contribution in [3.63, 3.8) is 0 Å². The average molecular weight is 382 g/mol. The van der Waals surface area contributed by atoms with Crippen LogP contribution >= 0.6 is 7.60 Å². The summed E-state index contributed by atoms with van der Waals surface area (Å²) in [6, 6.07) is 5.64. The van der Waals surface area contributed by atoms with Gasteiger partial charge in [-0.1, -0.05) is 24.3 Å². The molecule has 0 atom stereocenters. The summed E-state index contributed by atoms with van der Waals surface area (Å²) in [6.07, 6.45) is 9.36. The third-order valence-electron chi connectivity index (χ3n) is 3.66. The highest BCUT2D eigenvalue weighted by Gasteiger charge is 2.24. The van der Waals surface area contributed by atoms with Gasteiger partial charge in [0, 0.05) is 26.7 Å². The van der Waals surface area contributed by atoms with Gasteiger partial charge < -0.3 is 18.5 Å². The number of unbranched alkanes of at least 4 members (excludes halogenated alkanes) is 1. The van der Waals surface area contributed by atoms with Gasteiger partial charge >= 0.3 is 7.60 Å². The predicted octanol–water partition coefficient (Wildman–Crippen LogP) is 4.50. The first kappa shape index (κ1) is 22.2. The minimum absolute atomic E-state index is 0.121. The number of hydrogen-bond acceptors (Lipinski definition) is 6. The molecule has 0 amide bonds. The Balaban J connectivity index is 2.40. The zero-order chi connectivity index (χ0) is 19.4. The van der Waals surface area contributed by atoms with E-state index in [4.69, 9.17) is 18.5 Å². The van der Waals surface area contributed by atoms with Gasteiger partial charge in [0.05, 0.1) is 14.2 Å². The molecule has 1 aromatic rings. The minimum atomic E-state index is -3.25. The molecule has 0 fully saturated rings. The SMILES string of the molecule is COc1cc(/C=C/C=C/CCCC(=O)CP(=O)(OC)OC)cc(OC)c1. The van der Waals surface area contributed by atoms with Gasteiger partial charge in [-0.15, -0.1) is 0 Å². The summed E-state index contributed by atoms with van der Waals surface area (Å²) in [5, 5.41) is 0. The molecule has 0 aliphatic heterocycles. The summed E-state index contributed by atoms with van der Waals surface area (Å²) >= 11 is 0. The maximum Gasteiger partial charge on any atom is 0.337 e. The Morgan fingerprint density at radius 1 is 1.00 bits per heavy atom. The fourth-order valence-corrected chi connectivity index (χ4v) is 3.18. The fourth-order valence-electron chi connectivity index (χ4n) is 2.18. The Morgan fingerprint density at radius 2 is 1.62 bits per heavy atom. The topological polar surface area (TPSA) is 71.1 Å². The van der Waals surface area contributed by atoms with E-state index in [1.807, 2.05) is 42.5 Å². The van der Waals surface area contributed by atoms with Crippen molar-refractivity contribution >= 4 is 19.5 Å². The first-order valence-electron chi connectivity index (χ1n) is 8.25. The summed E-state index contributed by atoms with van der Waals surface area (Å²) in [5.41, 5.74) is 0.968. The molecule has 0 heterocycles. The van der Waals surface area contributed by atoms with Crippen molar-refractivity contribution in [2.75, 3.05) is 34.6 Å². The summed E-state index contributed by atoms with van der Waals surface area (Å²) in [4.78, 5) is 11.8. The molecular formula is C19H27O6P. The third-order valence-corrected chi connectivity index (χ3v) is 5.52. The molecule has 0 aromatic heterocycles. The van der Waals surface area contributed by atoms with E-state index in [-0.39, 0.29) is 11.9 Å². The van der Waals surface area contributed by atoms with Crippen LogP contribution in [0.25, 0.3) is 6.08 Å². The van der Waals surface area contributed by atoms with Crippen molar-refractivity contribution in [2.45, 2.75) is 19.3 Å². The zero-order valence-corrected chi connectivity index (χ0v) is 16.7. The van der Waals surface area contributed by atoms with Crippen molar-refractivity contribution in [2.24, 2.45) is 0 Å². The Morgan fingerprint density at radius 3 is 2.15 bits per heavy atom. The Kier molecular flexibility index (Phi) is 9.96. The van der Waals surface area contributed by atoms with Gasteiger partial charge in [0.2, 0.25) is 0 Å².